The zero-order valence-corrected chi connectivity index (χ0v) is 15.7. The highest BCUT2D eigenvalue weighted by molar-refractivity contribution is 5.69. The molecule has 0 saturated heterocycles. The normalized spacial score (nSPS) is 11.9. The van der Waals surface area contributed by atoms with E-state index >= 15 is 0 Å². The average molecular weight is 343 g/mol. The highest BCUT2D eigenvalue weighted by atomic mass is 16.4. The second-order valence-corrected chi connectivity index (χ2v) is 7.54. The van der Waals surface area contributed by atoms with E-state index in [0.29, 0.717) is 6.54 Å². The second kappa shape index (κ2) is 8.30. The van der Waals surface area contributed by atoms with Gasteiger partial charge in [0.2, 0.25) is 0 Å². The molecule has 0 amide bonds. The maximum absolute atomic E-state index is 11.1. The van der Waals surface area contributed by atoms with Crippen molar-refractivity contribution in [2.75, 3.05) is 13.1 Å². The molecule has 0 radical (unpaired) electrons. The van der Waals surface area contributed by atoms with E-state index < -0.39 is 5.97 Å². The summed E-state index contributed by atoms with van der Waals surface area (Å²) in [6, 6.07) is 10.2. The summed E-state index contributed by atoms with van der Waals surface area (Å²) in [5.74, 6) is -0.789. The zero-order chi connectivity index (χ0) is 18.4. The third-order valence-corrected chi connectivity index (χ3v) is 4.03. The molecule has 0 fully saturated rings. The van der Waals surface area contributed by atoms with Gasteiger partial charge in [0.15, 0.2) is 0 Å². The molecule has 2 rings (SSSR count). The molecule has 0 spiro atoms. The average Bonchev–Trinajstić information content (AvgIpc) is 2.90. The van der Waals surface area contributed by atoms with Crippen LogP contribution >= 0.6 is 0 Å². The van der Waals surface area contributed by atoms with Crippen molar-refractivity contribution < 1.29 is 9.90 Å². The van der Waals surface area contributed by atoms with Gasteiger partial charge >= 0.3 is 5.97 Å². The monoisotopic (exact) mass is 343 g/mol. The number of hydrogen-bond donors (Lipinski definition) is 1. The van der Waals surface area contributed by atoms with Crippen molar-refractivity contribution in [3.8, 4) is 0 Å². The molecule has 5 nitrogen and oxygen atoms in total. The Labute approximate surface area is 150 Å². The Kier molecular flexibility index (Phi) is 6.37. The van der Waals surface area contributed by atoms with Crippen LogP contribution in [0.4, 0.5) is 0 Å². The minimum absolute atomic E-state index is 0.0568. The zero-order valence-electron chi connectivity index (χ0n) is 15.7. The van der Waals surface area contributed by atoms with E-state index in [0.717, 1.165) is 30.8 Å². The minimum Gasteiger partial charge on any atom is -0.480 e. The number of carboxylic acid groups (broad SMARTS) is 1. The molecule has 25 heavy (non-hydrogen) atoms. The standard InChI is InChI=1S/C20H29N3O2/c1-5-11-22(15-18(24)25)13-17-14-23(21-19(17)20(2,3)4)12-16-9-7-6-8-10-16/h6-10,14H,5,11-13,15H2,1-4H3,(H,24,25). The highest BCUT2D eigenvalue weighted by Gasteiger charge is 2.24. The molecule has 0 aliphatic carbocycles. The number of carboxylic acids is 1. The van der Waals surface area contributed by atoms with E-state index in [1.165, 1.54) is 5.56 Å². The number of nitrogens with zero attached hydrogens (tertiary/aromatic N) is 3. The van der Waals surface area contributed by atoms with Gasteiger partial charge in [-0.15, -0.1) is 0 Å². The molecule has 1 aromatic heterocycles. The van der Waals surface area contributed by atoms with Gasteiger partial charge in [0.25, 0.3) is 0 Å². The van der Waals surface area contributed by atoms with Gasteiger partial charge < -0.3 is 5.11 Å². The lowest BCUT2D eigenvalue weighted by Gasteiger charge is -2.22. The number of carbonyl (C=O) groups is 1. The van der Waals surface area contributed by atoms with Crippen molar-refractivity contribution in [2.45, 2.75) is 52.6 Å². The molecule has 0 bridgehead atoms. The lowest BCUT2D eigenvalue weighted by Crippen LogP contribution is -2.31. The largest absolute Gasteiger partial charge is 0.480 e. The first-order valence-electron chi connectivity index (χ1n) is 8.84. The van der Waals surface area contributed by atoms with Gasteiger partial charge in [0, 0.05) is 23.7 Å². The molecule has 1 heterocycles. The van der Waals surface area contributed by atoms with Gasteiger partial charge in [0.1, 0.15) is 0 Å². The second-order valence-electron chi connectivity index (χ2n) is 7.54. The number of benzene rings is 1. The summed E-state index contributed by atoms with van der Waals surface area (Å²) in [5, 5.41) is 14.0. The molecule has 136 valence electrons. The van der Waals surface area contributed by atoms with Crippen molar-refractivity contribution in [1.29, 1.82) is 0 Å². The van der Waals surface area contributed by atoms with E-state index in [1.807, 2.05) is 27.8 Å². The van der Waals surface area contributed by atoms with Crippen LogP contribution in [0.2, 0.25) is 0 Å². The smallest absolute Gasteiger partial charge is 0.317 e. The van der Waals surface area contributed by atoms with Crippen LogP contribution < -0.4 is 0 Å². The van der Waals surface area contributed by atoms with Crippen LogP contribution in [-0.2, 0) is 23.3 Å². The molecule has 5 heteroatoms. The third-order valence-electron chi connectivity index (χ3n) is 4.03. The summed E-state index contributed by atoms with van der Waals surface area (Å²) in [4.78, 5) is 13.1. The number of aromatic nitrogens is 2. The molecular formula is C20H29N3O2. The molecule has 0 saturated carbocycles. The van der Waals surface area contributed by atoms with Crippen molar-refractivity contribution in [3.63, 3.8) is 0 Å². The fourth-order valence-electron chi connectivity index (χ4n) is 3.02. The first-order chi connectivity index (χ1) is 11.8. The Balaban J connectivity index is 2.26. The number of aliphatic carboxylic acids is 1. The molecule has 0 aliphatic heterocycles. The van der Waals surface area contributed by atoms with Crippen molar-refractivity contribution >= 4 is 5.97 Å². The lowest BCUT2D eigenvalue weighted by atomic mass is 9.89. The topological polar surface area (TPSA) is 58.4 Å². The maximum atomic E-state index is 11.1. The molecule has 2 aromatic rings. The van der Waals surface area contributed by atoms with Gasteiger partial charge in [-0.1, -0.05) is 58.0 Å². The van der Waals surface area contributed by atoms with Crippen molar-refractivity contribution in [2.24, 2.45) is 0 Å². The predicted molar refractivity (Wildman–Crippen MR) is 99.7 cm³/mol. The fourth-order valence-corrected chi connectivity index (χ4v) is 3.02. The highest BCUT2D eigenvalue weighted by Crippen LogP contribution is 2.26. The number of rotatable bonds is 8. The van der Waals surface area contributed by atoms with Gasteiger partial charge in [-0.3, -0.25) is 14.4 Å². The van der Waals surface area contributed by atoms with Crippen LogP contribution in [0.1, 0.15) is 50.9 Å². The Morgan fingerprint density at radius 1 is 1.24 bits per heavy atom. The van der Waals surface area contributed by atoms with E-state index in [9.17, 15) is 4.79 Å². The summed E-state index contributed by atoms with van der Waals surface area (Å²) in [6.45, 7) is 10.7. The Morgan fingerprint density at radius 2 is 1.92 bits per heavy atom. The quantitative estimate of drug-likeness (QED) is 0.797. The van der Waals surface area contributed by atoms with Crippen LogP contribution in [0.3, 0.4) is 0 Å². The van der Waals surface area contributed by atoms with E-state index in [2.05, 4.69) is 46.0 Å². The molecule has 1 aromatic carbocycles. The Hall–Kier alpha value is -2.14. The number of hydrogen-bond acceptors (Lipinski definition) is 3. The van der Waals surface area contributed by atoms with Crippen LogP contribution in [-0.4, -0.2) is 38.8 Å². The summed E-state index contributed by atoms with van der Waals surface area (Å²) in [7, 11) is 0. The molecular weight excluding hydrogens is 314 g/mol. The van der Waals surface area contributed by atoms with E-state index in [1.54, 1.807) is 0 Å². The minimum atomic E-state index is -0.789. The Bertz CT molecular complexity index is 687. The van der Waals surface area contributed by atoms with Gasteiger partial charge in [-0.05, 0) is 18.5 Å². The molecule has 0 aliphatic rings. The van der Waals surface area contributed by atoms with Gasteiger partial charge in [-0.2, -0.15) is 5.10 Å². The first-order valence-corrected chi connectivity index (χ1v) is 8.84. The first kappa shape index (κ1) is 19.2. The Morgan fingerprint density at radius 3 is 2.48 bits per heavy atom. The van der Waals surface area contributed by atoms with Crippen LogP contribution in [0.15, 0.2) is 36.5 Å². The summed E-state index contributed by atoms with van der Waals surface area (Å²) < 4.78 is 1.97. The molecule has 0 atom stereocenters. The van der Waals surface area contributed by atoms with E-state index in [4.69, 9.17) is 10.2 Å². The van der Waals surface area contributed by atoms with Crippen LogP contribution in [0.5, 0.6) is 0 Å². The van der Waals surface area contributed by atoms with Crippen LogP contribution in [0, 0.1) is 0 Å². The summed E-state index contributed by atoms with van der Waals surface area (Å²) in [6.07, 6.45) is 2.99. The summed E-state index contributed by atoms with van der Waals surface area (Å²) >= 11 is 0. The molecule has 0 unspecified atom stereocenters. The summed E-state index contributed by atoms with van der Waals surface area (Å²) in [5.41, 5.74) is 3.26. The third kappa shape index (κ3) is 5.71. The van der Waals surface area contributed by atoms with Crippen molar-refractivity contribution in [3.05, 3.63) is 53.3 Å². The van der Waals surface area contributed by atoms with Gasteiger partial charge in [-0.25, -0.2) is 0 Å². The SMILES string of the molecule is CCCN(CC(=O)O)Cc1cn(Cc2ccccc2)nc1C(C)(C)C. The molecule has 1 N–H and O–H groups in total. The lowest BCUT2D eigenvalue weighted by molar-refractivity contribution is -0.138. The van der Waals surface area contributed by atoms with Gasteiger partial charge in [0.05, 0.1) is 18.8 Å². The maximum Gasteiger partial charge on any atom is 0.317 e. The van der Waals surface area contributed by atoms with Crippen molar-refractivity contribution in [1.82, 2.24) is 14.7 Å². The van der Waals surface area contributed by atoms with E-state index in [-0.39, 0.29) is 12.0 Å². The van der Waals surface area contributed by atoms with Crippen LogP contribution in [0.25, 0.3) is 0 Å². The fraction of sp³-hybridized carbons (Fsp3) is 0.500. The predicted octanol–water partition coefficient (Wildman–Crippen LogP) is 3.53.